The van der Waals surface area contributed by atoms with Gasteiger partial charge in [-0.05, 0) is 37.3 Å². The summed E-state index contributed by atoms with van der Waals surface area (Å²) in [5.41, 5.74) is 2.83. The monoisotopic (exact) mass is 344 g/mol. The van der Waals surface area contributed by atoms with Gasteiger partial charge in [-0.2, -0.15) is 0 Å². The van der Waals surface area contributed by atoms with Crippen molar-refractivity contribution in [1.82, 2.24) is 9.97 Å². The standard InChI is InChI=1S/C16H13FN4O2S/c1-10-4-2-7-13(19-10)21-16(22)23-14-15(24-9-18-14)20-12-6-3-5-11(17)8-12/h2-9,20H,1H3,(H,19,21,22). The molecule has 0 fully saturated rings. The number of benzene rings is 1. The zero-order valence-corrected chi connectivity index (χ0v) is 13.4. The summed E-state index contributed by atoms with van der Waals surface area (Å²) < 4.78 is 18.4. The van der Waals surface area contributed by atoms with Crippen LogP contribution in [0.4, 0.5) is 25.7 Å². The van der Waals surface area contributed by atoms with Crippen LogP contribution in [0.3, 0.4) is 0 Å². The van der Waals surface area contributed by atoms with Crippen molar-refractivity contribution in [3.63, 3.8) is 0 Å². The van der Waals surface area contributed by atoms with Gasteiger partial charge in [-0.25, -0.2) is 19.2 Å². The number of hydrogen-bond acceptors (Lipinski definition) is 6. The number of aryl methyl sites for hydroxylation is 1. The molecule has 1 amide bonds. The fourth-order valence-corrected chi connectivity index (χ4v) is 2.55. The molecule has 0 spiro atoms. The van der Waals surface area contributed by atoms with Gasteiger partial charge < -0.3 is 10.1 Å². The first-order chi connectivity index (χ1) is 11.6. The van der Waals surface area contributed by atoms with Crippen molar-refractivity contribution < 1.29 is 13.9 Å². The normalized spacial score (nSPS) is 10.2. The van der Waals surface area contributed by atoms with E-state index in [-0.39, 0.29) is 11.7 Å². The van der Waals surface area contributed by atoms with Gasteiger partial charge in [0.05, 0.1) is 5.51 Å². The number of amides is 1. The first-order valence-corrected chi connectivity index (χ1v) is 7.87. The van der Waals surface area contributed by atoms with Crippen LogP contribution in [-0.4, -0.2) is 16.1 Å². The summed E-state index contributed by atoms with van der Waals surface area (Å²) in [5.74, 6) is 0.125. The molecule has 0 bridgehead atoms. The Balaban J connectivity index is 1.68. The summed E-state index contributed by atoms with van der Waals surface area (Å²) in [5, 5.41) is 5.99. The Labute approximate surface area is 141 Å². The molecule has 2 heterocycles. The van der Waals surface area contributed by atoms with Gasteiger partial charge in [0.25, 0.3) is 5.88 Å². The zero-order chi connectivity index (χ0) is 16.9. The summed E-state index contributed by atoms with van der Waals surface area (Å²) in [7, 11) is 0. The number of ether oxygens (including phenoxy) is 1. The van der Waals surface area contributed by atoms with Gasteiger partial charge >= 0.3 is 6.09 Å². The number of thiazole rings is 1. The van der Waals surface area contributed by atoms with Crippen molar-refractivity contribution in [2.75, 3.05) is 10.6 Å². The predicted octanol–water partition coefficient (Wildman–Crippen LogP) is 4.34. The van der Waals surface area contributed by atoms with E-state index in [2.05, 4.69) is 20.6 Å². The molecule has 0 unspecified atom stereocenters. The number of rotatable bonds is 4. The van der Waals surface area contributed by atoms with Crippen molar-refractivity contribution in [3.05, 3.63) is 59.5 Å². The third kappa shape index (κ3) is 4.05. The molecule has 1 aromatic carbocycles. The van der Waals surface area contributed by atoms with Crippen LogP contribution in [0.5, 0.6) is 5.88 Å². The van der Waals surface area contributed by atoms with Crippen molar-refractivity contribution >= 4 is 33.9 Å². The topological polar surface area (TPSA) is 76.1 Å². The molecular formula is C16H13FN4O2S. The van der Waals surface area contributed by atoms with Gasteiger partial charge in [0.15, 0.2) is 5.00 Å². The fraction of sp³-hybridized carbons (Fsp3) is 0.0625. The fourth-order valence-electron chi connectivity index (χ4n) is 1.92. The van der Waals surface area contributed by atoms with Crippen molar-refractivity contribution in [1.29, 1.82) is 0 Å². The Bertz CT molecular complexity index is 869. The highest BCUT2D eigenvalue weighted by atomic mass is 32.1. The van der Waals surface area contributed by atoms with Crippen LogP contribution in [0.15, 0.2) is 48.0 Å². The minimum absolute atomic E-state index is 0.106. The van der Waals surface area contributed by atoms with E-state index >= 15 is 0 Å². The van der Waals surface area contributed by atoms with Gasteiger partial charge in [-0.15, -0.1) is 11.3 Å². The lowest BCUT2D eigenvalue weighted by molar-refractivity contribution is 0.214. The van der Waals surface area contributed by atoms with E-state index in [0.717, 1.165) is 5.69 Å². The number of carbonyl (C=O) groups is 1. The molecule has 0 atom stereocenters. The van der Waals surface area contributed by atoms with E-state index < -0.39 is 6.09 Å². The van der Waals surface area contributed by atoms with Gasteiger partial charge in [-0.3, -0.25) is 5.32 Å². The Morgan fingerprint density at radius 3 is 2.88 bits per heavy atom. The molecule has 2 N–H and O–H groups in total. The van der Waals surface area contributed by atoms with Crippen LogP contribution < -0.4 is 15.4 Å². The number of nitrogens with zero attached hydrogens (tertiary/aromatic N) is 2. The molecule has 0 aliphatic heterocycles. The summed E-state index contributed by atoms with van der Waals surface area (Å²) in [6.45, 7) is 1.82. The quantitative estimate of drug-likeness (QED) is 0.736. The lowest BCUT2D eigenvalue weighted by atomic mass is 10.3. The van der Waals surface area contributed by atoms with Crippen LogP contribution in [0.2, 0.25) is 0 Å². The molecule has 0 aliphatic rings. The average molecular weight is 344 g/mol. The van der Waals surface area contributed by atoms with Crippen molar-refractivity contribution in [2.45, 2.75) is 6.92 Å². The molecule has 122 valence electrons. The molecular weight excluding hydrogens is 331 g/mol. The number of anilines is 3. The average Bonchev–Trinajstić information content (AvgIpc) is 2.94. The highest BCUT2D eigenvalue weighted by molar-refractivity contribution is 7.14. The Morgan fingerprint density at radius 2 is 2.08 bits per heavy atom. The van der Waals surface area contributed by atoms with Gasteiger partial charge in [-0.1, -0.05) is 12.1 Å². The second-order valence-corrected chi connectivity index (χ2v) is 5.66. The summed E-state index contributed by atoms with van der Waals surface area (Å²) in [6.07, 6.45) is -0.707. The Morgan fingerprint density at radius 1 is 1.25 bits per heavy atom. The summed E-state index contributed by atoms with van der Waals surface area (Å²) in [4.78, 5) is 20.1. The van der Waals surface area contributed by atoms with Crippen LogP contribution in [0.1, 0.15) is 5.69 Å². The molecule has 6 nitrogen and oxygen atoms in total. The second-order valence-electron chi connectivity index (χ2n) is 4.80. The SMILES string of the molecule is Cc1cccc(NC(=O)Oc2ncsc2Nc2cccc(F)c2)n1. The largest absolute Gasteiger partial charge is 0.419 e. The molecule has 24 heavy (non-hydrogen) atoms. The zero-order valence-electron chi connectivity index (χ0n) is 12.6. The van der Waals surface area contributed by atoms with E-state index in [1.807, 2.05) is 13.0 Å². The van der Waals surface area contributed by atoms with Gasteiger partial charge in [0.2, 0.25) is 0 Å². The number of carbonyl (C=O) groups excluding carboxylic acids is 1. The minimum atomic E-state index is -0.707. The lowest BCUT2D eigenvalue weighted by Crippen LogP contribution is -2.18. The minimum Gasteiger partial charge on any atom is -0.388 e. The molecule has 3 rings (SSSR count). The second kappa shape index (κ2) is 7.05. The van der Waals surface area contributed by atoms with Gasteiger partial charge in [0, 0.05) is 11.4 Å². The van der Waals surface area contributed by atoms with Crippen molar-refractivity contribution in [3.8, 4) is 5.88 Å². The number of halogens is 1. The molecule has 3 aromatic rings. The number of hydrogen-bond donors (Lipinski definition) is 2. The predicted molar refractivity (Wildman–Crippen MR) is 90.4 cm³/mol. The molecule has 0 aliphatic carbocycles. The molecule has 2 aromatic heterocycles. The van der Waals surface area contributed by atoms with Crippen LogP contribution in [0.25, 0.3) is 0 Å². The van der Waals surface area contributed by atoms with E-state index in [0.29, 0.717) is 16.5 Å². The van der Waals surface area contributed by atoms with Crippen LogP contribution in [-0.2, 0) is 0 Å². The van der Waals surface area contributed by atoms with Crippen LogP contribution in [0, 0.1) is 12.7 Å². The number of nitrogens with one attached hydrogen (secondary N) is 2. The Hall–Kier alpha value is -3.00. The van der Waals surface area contributed by atoms with E-state index in [9.17, 15) is 9.18 Å². The first-order valence-electron chi connectivity index (χ1n) is 6.99. The molecule has 0 saturated heterocycles. The summed E-state index contributed by atoms with van der Waals surface area (Å²) >= 11 is 1.24. The maximum atomic E-state index is 13.2. The number of pyridine rings is 1. The third-order valence-electron chi connectivity index (χ3n) is 2.93. The highest BCUT2D eigenvalue weighted by Gasteiger charge is 2.13. The van der Waals surface area contributed by atoms with E-state index in [1.54, 1.807) is 24.3 Å². The number of aromatic nitrogens is 2. The van der Waals surface area contributed by atoms with Gasteiger partial charge in [0.1, 0.15) is 11.6 Å². The molecule has 8 heteroatoms. The third-order valence-corrected chi connectivity index (χ3v) is 3.65. The maximum Gasteiger partial charge on any atom is 0.419 e. The van der Waals surface area contributed by atoms with Crippen LogP contribution >= 0.6 is 11.3 Å². The molecule has 0 saturated carbocycles. The van der Waals surface area contributed by atoms with E-state index in [4.69, 9.17) is 4.74 Å². The Kier molecular flexibility index (Phi) is 4.66. The van der Waals surface area contributed by atoms with E-state index in [1.165, 1.54) is 29.0 Å². The smallest absolute Gasteiger partial charge is 0.388 e. The van der Waals surface area contributed by atoms with Crippen molar-refractivity contribution in [2.24, 2.45) is 0 Å². The molecule has 0 radical (unpaired) electrons. The summed E-state index contributed by atoms with van der Waals surface area (Å²) in [6, 6.07) is 11.2. The highest BCUT2D eigenvalue weighted by Crippen LogP contribution is 2.31. The maximum absolute atomic E-state index is 13.2. The lowest BCUT2D eigenvalue weighted by Gasteiger charge is -2.08. The first kappa shape index (κ1) is 15.9.